The molecule has 0 aliphatic carbocycles. The molecule has 0 bridgehead atoms. The topological polar surface area (TPSA) is 102 Å². The van der Waals surface area contributed by atoms with E-state index >= 15 is 0 Å². The van der Waals surface area contributed by atoms with E-state index in [1.807, 2.05) is 13.0 Å². The van der Waals surface area contributed by atoms with E-state index in [0.29, 0.717) is 17.3 Å². The fourth-order valence-corrected chi connectivity index (χ4v) is 2.78. The number of hydrogen-bond acceptors (Lipinski definition) is 7. The van der Waals surface area contributed by atoms with Crippen molar-refractivity contribution >= 4 is 34.6 Å². The molecule has 0 radical (unpaired) electrons. The molecule has 25 heavy (non-hydrogen) atoms. The zero-order valence-corrected chi connectivity index (χ0v) is 14.4. The minimum atomic E-state index is -0.504. The number of nitrogens with one attached hydrogen (secondary N) is 2. The first-order valence-corrected chi connectivity index (χ1v) is 8.30. The number of rotatable bonds is 6. The number of nitrogens with zero attached hydrogens (tertiary/aromatic N) is 3. The Bertz CT molecular complexity index is 780. The van der Waals surface area contributed by atoms with Gasteiger partial charge in [0.2, 0.25) is 11.6 Å². The van der Waals surface area contributed by atoms with Crippen molar-refractivity contribution in [3.63, 3.8) is 0 Å². The largest absolute Gasteiger partial charge is 0.376 e. The molecule has 3 rings (SSSR count). The Labute approximate surface area is 149 Å². The monoisotopic (exact) mass is 363 g/mol. The van der Waals surface area contributed by atoms with Crippen molar-refractivity contribution in [3.8, 4) is 0 Å². The van der Waals surface area contributed by atoms with E-state index in [9.17, 15) is 10.1 Å². The molecule has 0 amide bonds. The second-order valence-electron chi connectivity index (χ2n) is 5.78. The number of halogens is 1. The Morgan fingerprint density at radius 3 is 2.88 bits per heavy atom. The van der Waals surface area contributed by atoms with Gasteiger partial charge < -0.3 is 15.4 Å². The standard InChI is InChI=1S/C16H18ClN5O3/c1-10-4-5-11(7-13(10)17)21-16-14(22(23)24)15(19-9-20-16)18-8-12-3-2-6-25-12/h4-5,7,9,12H,2-3,6,8H2,1H3,(H2,18,19,20,21). The lowest BCUT2D eigenvalue weighted by molar-refractivity contribution is -0.383. The van der Waals surface area contributed by atoms with Crippen molar-refractivity contribution < 1.29 is 9.66 Å². The maximum absolute atomic E-state index is 11.5. The summed E-state index contributed by atoms with van der Waals surface area (Å²) in [6, 6.07) is 5.31. The van der Waals surface area contributed by atoms with Gasteiger partial charge in [0, 0.05) is 23.9 Å². The number of aromatic nitrogens is 2. The molecule has 1 atom stereocenters. The summed E-state index contributed by atoms with van der Waals surface area (Å²) >= 11 is 6.10. The average Bonchev–Trinajstić information content (AvgIpc) is 3.09. The first-order valence-electron chi connectivity index (χ1n) is 7.92. The fraction of sp³-hybridized carbons (Fsp3) is 0.375. The van der Waals surface area contributed by atoms with Gasteiger partial charge in [0.1, 0.15) is 6.33 Å². The number of nitro groups is 1. The lowest BCUT2D eigenvalue weighted by atomic mass is 10.2. The summed E-state index contributed by atoms with van der Waals surface area (Å²) in [5, 5.41) is 18.0. The second kappa shape index (κ2) is 7.62. The lowest BCUT2D eigenvalue weighted by Gasteiger charge is -2.13. The highest BCUT2D eigenvalue weighted by molar-refractivity contribution is 6.31. The Kier molecular flexibility index (Phi) is 5.30. The van der Waals surface area contributed by atoms with Crippen LogP contribution in [0.4, 0.5) is 23.0 Å². The molecule has 1 unspecified atom stereocenters. The van der Waals surface area contributed by atoms with E-state index in [-0.39, 0.29) is 23.4 Å². The van der Waals surface area contributed by atoms with Crippen LogP contribution in [0.1, 0.15) is 18.4 Å². The predicted molar refractivity (Wildman–Crippen MR) is 95.6 cm³/mol. The zero-order chi connectivity index (χ0) is 17.8. The third-order valence-corrected chi connectivity index (χ3v) is 4.37. The number of benzene rings is 1. The highest BCUT2D eigenvalue weighted by Gasteiger charge is 2.24. The maximum Gasteiger partial charge on any atom is 0.353 e. The molecule has 1 aliphatic rings. The van der Waals surface area contributed by atoms with Crippen LogP contribution in [0.15, 0.2) is 24.5 Å². The number of hydrogen-bond donors (Lipinski definition) is 2. The molecule has 1 saturated heterocycles. The Balaban J connectivity index is 1.83. The van der Waals surface area contributed by atoms with Crippen molar-refractivity contribution in [2.45, 2.75) is 25.9 Å². The number of aryl methyl sites for hydroxylation is 1. The maximum atomic E-state index is 11.5. The molecule has 132 valence electrons. The molecule has 0 saturated carbocycles. The van der Waals surface area contributed by atoms with E-state index in [1.165, 1.54) is 6.33 Å². The SMILES string of the molecule is Cc1ccc(Nc2ncnc(NCC3CCCO3)c2[N+](=O)[O-])cc1Cl. The van der Waals surface area contributed by atoms with Crippen LogP contribution in [0, 0.1) is 17.0 Å². The van der Waals surface area contributed by atoms with Crippen LogP contribution in [0.2, 0.25) is 5.02 Å². The number of ether oxygens (including phenoxy) is 1. The minimum Gasteiger partial charge on any atom is -0.376 e. The molecule has 1 aromatic heterocycles. The molecule has 8 nitrogen and oxygen atoms in total. The first-order chi connectivity index (χ1) is 12.0. The van der Waals surface area contributed by atoms with Crippen molar-refractivity contribution in [1.82, 2.24) is 9.97 Å². The summed E-state index contributed by atoms with van der Waals surface area (Å²) in [7, 11) is 0. The normalized spacial score (nSPS) is 16.6. The van der Waals surface area contributed by atoms with E-state index in [0.717, 1.165) is 25.0 Å². The smallest absolute Gasteiger partial charge is 0.353 e. The molecule has 9 heteroatoms. The fourth-order valence-electron chi connectivity index (χ4n) is 2.60. The molecule has 1 aromatic carbocycles. The highest BCUT2D eigenvalue weighted by atomic mass is 35.5. The van der Waals surface area contributed by atoms with Gasteiger partial charge in [-0.3, -0.25) is 10.1 Å². The van der Waals surface area contributed by atoms with Gasteiger partial charge in [0.25, 0.3) is 0 Å². The van der Waals surface area contributed by atoms with E-state index < -0.39 is 4.92 Å². The van der Waals surface area contributed by atoms with Gasteiger partial charge in [0.15, 0.2) is 0 Å². The van der Waals surface area contributed by atoms with Gasteiger partial charge in [-0.05, 0) is 37.5 Å². The Morgan fingerprint density at radius 2 is 2.20 bits per heavy atom. The van der Waals surface area contributed by atoms with Gasteiger partial charge in [-0.1, -0.05) is 17.7 Å². The van der Waals surface area contributed by atoms with Gasteiger partial charge >= 0.3 is 5.69 Å². The van der Waals surface area contributed by atoms with Crippen molar-refractivity contribution in [2.24, 2.45) is 0 Å². The van der Waals surface area contributed by atoms with Crippen molar-refractivity contribution in [2.75, 3.05) is 23.8 Å². The highest BCUT2D eigenvalue weighted by Crippen LogP contribution is 2.32. The van der Waals surface area contributed by atoms with Crippen LogP contribution in [0.3, 0.4) is 0 Å². The quantitative estimate of drug-likeness (QED) is 0.596. The van der Waals surface area contributed by atoms with Crippen molar-refractivity contribution in [1.29, 1.82) is 0 Å². The lowest BCUT2D eigenvalue weighted by Crippen LogP contribution is -2.20. The molecule has 2 N–H and O–H groups in total. The summed E-state index contributed by atoms with van der Waals surface area (Å²) < 4.78 is 5.52. The predicted octanol–water partition coefficient (Wildman–Crippen LogP) is 3.68. The summed E-state index contributed by atoms with van der Waals surface area (Å²) in [4.78, 5) is 19.1. The van der Waals surface area contributed by atoms with Crippen LogP contribution in [-0.2, 0) is 4.74 Å². The first kappa shape index (κ1) is 17.4. The third kappa shape index (κ3) is 4.15. The average molecular weight is 364 g/mol. The van der Waals surface area contributed by atoms with Gasteiger partial charge in [-0.25, -0.2) is 9.97 Å². The molecular weight excluding hydrogens is 346 g/mol. The van der Waals surface area contributed by atoms with E-state index in [4.69, 9.17) is 16.3 Å². The van der Waals surface area contributed by atoms with E-state index in [1.54, 1.807) is 12.1 Å². The minimum absolute atomic E-state index is 0.0434. The zero-order valence-electron chi connectivity index (χ0n) is 13.7. The molecule has 2 aromatic rings. The molecule has 1 aliphatic heterocycles. The summed E-state index contributed by atoms with van der Waals surface area (Å²) in [5.74, 6) is 0.269. The van der Waals surface area contributed by atoms with E-state index in [2.05, 4.69) is 20.6 Å². The summed E-state index contributed by atoms with van der Waals surface area (Å²) in [6.07, 6.45) is 3.25. The van der Waals surface area contributed by atoms with Crippen LogP contribution in [0.25, 0.3) is 0 Å². The van der Waals surface area contributed by atoms with Crippen LogP contribution in [-0.4, -0.2) is 34.1 Å². The van der Waals surface area contributed by atoms with Crippen LogP contribution >= 0.6 is 11.6 Å². The van der Waals surface area contributed by atoms with Gasteiger partial charge in [-0.15, -0.1) is 0 Å². The van der Waals surface area contributed by atoms with Crippen molar-refractivity contribution in [3.05, 3.63) is 45.2 Å². The van der Waals surface area contributed by atoms with Gasteiger partial charge in [-0.2, -0.15) is 0 Å². The molecule has 2 heterocycles. The molecular formula is C16H18ClN5O3. The van der Waals surface area contributed by atoms with Crippen LogP contribution < -0.4 is 10.6 Å². The Hall–Kier alpha value is -2.45. The van der Waals surface area contributed by atoms with Crippen LogP contribution in [0.5, 0.6) is 0 Å². The third-order valence-electron chi connectivity index (χ3n) is 3.96. The second-order valence-corrected chi connectivity index (χ2v) is 6.19. The molecule has 0 spiro atoms. The number of anilines is 3. The van der Waals surface area contributed by atoms with Gasteiger partial charge in [0.05, 0.1) is 11.0 Å². The molecule has 1 fully saturated rings. The summed E-state index contributed by atoms with van der Waals surface area (Å²) in [6.45, 7) is 3.07. The summed E-state index contributed by atoms with van der Waals surface area (Å²) in [5.41, 5.74) is 1.32. The Morgan fingerprint density at radius 1 is 1.40 bits per heavy atom.